The predicted molar refractivity (Wildman–Crippen MR) is 34.9 cm³/mol. The zero-order valence-corrected chi connectivity index (χ0v) is 7.80. The molecular formula is HF3N2O5S3. The van der Waals surface area contributed by atoms with Crippen molar-refractivity contribution in [1.82, 2.24) is 4.13 Å². The molecule has 0 aliphatic rings. The molecule has 13 heavy (non-hydrogen) atoms. The van der Waals surface area contributed by atoms with E-state index in [9.17, 15) is 32.7 Å². The van der Waals surface area contributed by atoms with Crippen LogP contribution < -0.4 is 4.13 Å². The second kappa shape index (κ2) is 3.39. The van der Waals surface area contributed by atoms with Gasteiger partial charge in [-0.15, -0.1) is 3.89 Å². The maximum Gasteiger partial charge on any atom is 0.428 e. The molecule has 0 amide bonds. The van der Waals surface area contributed by atoms with E-state index >= 15 is 0 Å². The third-order valence-corrected chi connectivity index (χ3v) is 3.49. The molecule has 0 aliphatic heterocycles. The SMILES string of the molecule is O=S(=O)(F)N=S(=O)(F)NS(=O)(=O)F. The zero-order valence-electron chi connectivity index (χ0n) is 5.35. The molecule has 0 saturated heterocycles. The zero-order chi connectivity index (χ0) is 10.9. The molecule has 0 fully saturated rings. The summed E-state index contributed by atoms with van der Waals surface area (Å²) in [4.78, 5) is 0. The number of halogens is 3. The molecule has 0 rings (SSSR count). The Kier molecular flexibility index (Phi) is 3.29. The smallest absolute Gasteiger partial charge is 0.197 e. The maximum absolute atomic E-state index is 12.1. The van der Waals surface area contributed by atoms with Gasteiger partial charge in [0, 0.05) is 0 Å². The monoisotopic (exact) mass is 262 g/mol. The Morgan fingerprint density at radius 3 is 1.54 bits per heavy atom. The lowest BCUT2D eigenvalue weighted by atomic mass is 13.9. The van der Waals surface area contributed by atoms with E-state index in [-0.39, 0.29) is 4.13 Å². The van der Waals surface area contributed by atoms with Crippen molar-refractivity contribution in [3.05, 3.63) is 0 Å². The molecule has 7 nitrogen and oxygen atoms in total. The van der Waals surface area contributed by atoms with Crippen LogP contribution in [0.3, 0.4) is 0 Å². The Bertz CT molecular complexity index is 491. The highest BCUT2D eigenvalue weighted by Gasteiger charge is 2.21. The van der Waals surface area contributed by atoms with Gasteiger partial charge in [-0.05, 0) is 3.77 Å². The quantitative estimate of drug-likeness (QED) is 0.674. The van der Waals surface area contributed by atoms with Gasteiger partial charge in [0.1, 0.15) is 0 Å². The highest BCUT2D eigenvalue weighted by Crippen LogP contribution is 2.03. The molecule has 0 aromatic carbocycles. The normalized spacial score (nSPS) is 17.8. The van der Waals surface area contributed by atoms with Gasteiger partial charge in [0.15, 0.2) is 0 Å². The topological polar surface area (TPSA) is 110 Å². The molecule has 80 valence electrons. The van der Waals surface area contributed by atoms with Crippen molar-refractivity contribution in [3.63, 3.8) is 0 Å². The molecule has 0 bridgehead atoms. The molecule has 0 heterocycles. The summed E-state index contributed by atoms with van der Waals surface area (Å²) in [6.45, 7) is 0. The van der Waals surface area contributed by atoms with Crippen molar-refractivity contribution in [1.29, 1.82) is 0 Å². The van der Waals surface area contributed by atoms with Gasteiger partial charge in [-0.1, -0.05) is 11.9 Å². The molecule has 1 atom stereocenters. The van der Waals surface area contributed by atoms with Gasteiger partial charge < -0.3 is 0 Å². The summed E-state index contributed by atoms with van der Waals surface area (Å²) in [7, 11) is -17.4. The van der Waals surface area contributed by atoms with Gasteiger partial charge in [0.2, 0.25) is 0 Å². The largest absolute Gasteiger partial charge is 0.428 e. The van der Waals surface area contributed by atoms with E-state index in [4.69, 9.17) is 0 Å². The van der Waals surface area contributed by atoms with E-state index in [1.807, 2.05) is 0 Å². The lowest BCUT2D eigenvalue weighted by Crippen LogP contribution is -2.23. The lowest BCUT2D eigenvalue weighted by Gasteiger charge is -1.94. The molecule has 1 N–H and O–H groups in total. The first-order chi connectivity index (χ1) is 5.41. The highest BCUT2D eigenvalue weighted by molar-refractivity contribution is 8.04. The van der Waals surface area contributed by atoms with Crippen molar-refractivity contribution in [2.24, 2.45) is 3.77 Å². The first-order valence-electron chi connectivity index (χ1n) is 2.07. The van der Waals surface area contributed by atoms with Crippen LogP contribution in [0.25, 0.3) is 0 Å². The van der Waals surface area contributed by atoms with Crippen molar-refractivity contribution < 1.29 is 32.7 Å². The average Bonchev–Trinajstić information content (AvgIpc) is 1.43. The molecular weight excluding hydrogens is 261 g/mol. The fraction of sp³-hybridized carbons (Fsp3) is 0. The molecule has 0 spiro atoms. The second-order valence-electron chi connectivity index (χ2n) is 1.47. The van der Waals surface area contributed by atoms with Gasteiger partial charge in [-0.2, -0.15) is 21.0 Å². The van der Waals surface area contributed by atoms with E-state index in [1.54, 1.807) is 0 Å². The van der Waals surface area contributed by atoms with E-state index in [0.717, 1.165) is 0 Å². The van der Waals surface area contributed by atoms with Crippen molar-refractivity contribution >= 4 is 31.1 Å². The van der Waals surface area contributed by atoms with E-state index in [2.05, 4.69) is 0 Å². The summed E-state index contributed by atoms with van der Waals surface area (Å²) in [5, 5.41) is 0. The van der Waals surface area contributed by atoms with Gasteiger partial charge in [0.05, 0.1) is 0 Å². The standard InChI is InChI=1S/F3HN2O5S3/c1-11(6,4-12(2,7)8)5-13(3,9)10/h(H,4,5,6). The Labute approximate surface area is 72.2 Å². The third-order valence-electron chi connectivity index (χ3n) is 0.387. The molecule has 0 saturated carbocycles. The molecule has 13 heteroatoms. The van der Waals surface area contributed by atoms with Crippen LogP contribution in [0.15, 0.2) is 3.77 Å². The predicted octanol–water partition coefficient (Wildman–Crippen LogP) is -0.728. The Morgan fingerprint density at radius 1 is 0.923 bits per heavy atom. The van der Waals surface area contributed by atoms with Crippen LogP contribution in [0.1, 0.15) is 0 Å². The number of nitrogens with zero attached hydrogens (tertiary/aromatic N) is 1. The van der Waals surface area contributed by atoms with Crippen molar-refractivity contribution in [2.75, 3.05) is 0 Å². The summed E-state index contributed by atoms with van der Waals surface area (Å²) in [6, 6.07) is 0. The lowest BCUT2D eigenvalue weighted by molar-refractivity contribution is 0.545. The van der Waals surface area contributed by atoms with Crippen LogP contribution in [0.4, 0.5) is 11.7 Å². The number of nitrogens with one attached hydrogen (secondary N) is 1. The molecule has 0 aromatic heterocycles. The van der Waals surface area contributed by atoms with Crippen LogP contribution in [-0.4, -0.2) is 21.0 Å². The van der Waals surface area contributed by atoms with Crippen LogP contribution in [0.5, 0.6) is 0 Å². The fourth-order valence-electron chi connectivity index (χ4n) is 0.252. The van der Waals surface area contributed by atoms with Crippen LogP contribution >= 0.6 is 0 Å². The van der Waals surface area contributed by atoms with E-state index in [0.29, 0.717) is 0 Å². The van der Waals surface area contributed by atoms with Gasteiger partial charge in [-0.3, -0.25) is 0 Å². The van der Waals surface area contributed by atoms with Crippen LogP contribution in [-0.2, 0) is 31.1 Å². The number of hydrogen-bond donors (Lipinski definition) is 1. The first kappa shape index (κ1) is 12.6. The molecule has 0 aromatic rings. The van der Waals surface area contributed by atoms with Gasteiger partial charge in [-0.25, -0.2) is 0 Å². The average molecular weight is 262 g/mol. The van der Waals surface area contributed by atoms with Gasteiger partial charge in [0.25, 0.3) is 0 Å². The summed E-state index contributed by atoms with van der Waals surface area (Å²) in [5.74, 6) is 0. The maximum atomic E-state index is 12.1. The van der Waals surface area contributed by atoms with E-state index < -0.39 is 31.1 Å². The number of rotatable bonds is 3. The summed E-state index contributed by atoms with van der Waals surface area (Å²) < 4.78 is 84.6. The summed E-state index contributed by atoms with van der Waals surface area (Å²) >= 11 is 0. The van der Waals surface area contributed by atoms with Crippen molar-refractivity contribution in [2.45, 2.75) is 0 Å². The first-order valence-corrected chi connectivity index (χ1v) is 6.21. The van der Waals surface area contributed by atoms with Crippen LogP contribution in [0, 0.1) is 0 Å². The van der Waals surface area contributed by atoms with E-state index in [1.165, 1.54) is 3.77 Å². The van der Waals surface area contributed by atoms with Crippen molar-refractivity contribution in [3.8, 4) is 0 Å². The Balaban J connectivity index is 5.27. The minimum atomic E-state index is -5.87. The minimum Gasteiger partial charge on any atom is -0.197 e. The fourth-order valence-corrected chi connectivity index (χ4v) is 2.55. The Hall–Kier alpha value is -0.400. The summed E-state index contributed by atoms with van der Waals surface area (Å²) in [5.41, 5.74) is 0. The minimum absolute atomic E-state index is 0.0328. The summed E-state index contributed by atoms with van der Waals surface area (Å²) in [6.07, 6.45) is 0. The number of hydrogen-bond acceptors (Lipinski definition) is 5. The van der Waals surface area contributed by atoms with Gasteiger partial charge >= 0.3 is 31.1 Å². The third kappa shape index (κ3) is 7.94. The molecule has 0 aliphatic carbocycles. The Morgan fingerprint density at radius 2 is 1.31 bits per heavy atom. The van der Waals surface area contributed by atoms with Crippen LogP contribution in [0.2, 0.25) is 0 Å². The molecule has 1 unspecified atom stereocenters. The highest BCUT2D eigenvalue weighted by atomic mass is 32.3. The second-order valence-corrected chi connectivity index (χ2v) is 5.35. The molecule has 0 radical (unpaired) electrons.